The van der Waals surface area contributed by atoms with Gasteiger partial charge in [0, 0.05) is 38.1 Å². The van der Waals surface area contributed by atoms with Crippen molar-refractivity contribution in [2.45, 2.75) is 19.3 Å². The topological polar surface area (TPSA) is 90.7 Å². The lowest BCUT2D eigenvalue weighted by molar-refractivity contribution is -0.385. The molecule has 0 fully saturated rings. The fourth-order valence-electron chi connectivity index (χ4n) is 2.11. The number of carbonyl (C=O) groups is 1. The Hall–Kier alpha value is -2.15. The molecular formula is C14H20N2O5. The minimum Gasteiger partial charge on any atom is -0.497 e. The molecule has 1 aromatic carbocycles. The van der Waals surface area contributed by atoms with Crippen LogP contribution in [0.25, 0.3) is 0 Å². The van der Waals surface area contributed by atoms with Crippen molar-refractivity contribution in [2.24, 2.45) is 0 Å². The molecule has 1 amide bonds. The van der Waals surface area contributed by atoms with E-state index >= 15 is 0 Å². The third-order valence-electron chi connectivity index (χ3n) is 3.11. The van der Waals surface area contributed by atoms with E-state index < -0.39 is 4.92 Å². The summed E-state index contributed by atoms with van der Waals surface area (Å²) >= 11 is 0. The summed E-state index contributed by atoms with van der Waals surface area (Å²) in [5.41, 5.74) is 0.576. The normalized spacial score (nSPS) is 11.8. The Kier molecular flexibility index (Phi) is 6.61. The van der Waals surface area contributed by atoms with Crippen LogP contribution in [0.15, 0.2) is 18.2 Å². The Morgan fingerprint density at radius 3 is 2.67 bits per heavy atom. The summed E-state index contributed by atoms with van der Waals surface area (Å²) in [7, 11) is 3.05. The molecule has 1 unspecified atom stereocenters. The van der Waals surface area contributed by atoms with Crippen LogP contribution in [0.5, 0.6) is 5.75 Å². The van der Waals surface area contributed by atoms with Crippen molar-refractivity contribution < 1.29 is 19.2 Å². The number of benzene rings is 1. The second kappa shape index (κ2) is 8.21. The molecule has 0 saturated heterocycles. The van der Waals surface area contributed by atoms with Gasteiger partial charge < -0.3 is 14.8 Å². The summed E-state index contributed by atoms with van der Waals surface area (Å²) < 4.78 is 10.3. The van der Waals surface area contributed by atoms with E-state index in [4.69, 9.17) is 9.47 Å². The number of nitrogens with zero attached hydrogens (tertiary/aromatic N) is 1. The molecule has 1 N–H and O–H groups in total. The molecule has 0 aromatic heterocycles. The van der Waals surface area contributed by atoms with Crippen molar-refractivity contribution in [3.63, 3.8) is 0 Å². The SMILES string of the molecule is COCC(CCNC(C)=O)c1cc(OC)ccc1[N+](=O)[O-]. The number of nitro groups is 1. The lowest BCUT2D eigenvalue weighted by Crippen LogP contribution is -2.23. The van der Waals surface area contributed by atoms with E-state index in [1.54, 1.807) is 12.1 Å². The number of methoxy groups -OCH3 is 2. The third-order valence-corrected chi connectivity index (χ3v) is 3.11. The van der Waals surface area contributed by atoms with Crippen LogP contribution in [0.2, 0.25) is 0 Å². The fraction of sp³-hybridized carbons (Fsp3) is 0.500. The molecule has 0 aliphatic carbocycles. The molecule has 1 atom stereocenters. The van der Waals surface area contributed by atoms with Gasteiger partial charge in [0.25, 0.3) is 5.69 Å². The van der Waals surface area contributed by atoms with Gasteiger partial charge >= 0.3 is 0 Å². The standard InChI is InChI=1S/C14H20N2O5/c1-10(17)15-7-6-11(9-20-2)13-8-12(21-3)4-5-14(13)16(18)19/h4-5,8,11H,6-7,9H2,1-3H3,(H,15,17). The molecular weight excluding hydrogens is 276 g/mol. The summed E-state index contributed by atoms with van der Waals surface area (Å²) in [6.07, 6.45) is 0.543. The van der Waals surface area contributed by atoms with Gasteiger partial charge in [0.05, 0.1) is 18.6 Å². The highest BCUT2D eigenvalue weighted by molar-refractivity contribution is 5.72. The predicted octanol–water partition coefficient (Wildman–Crippen LogP) is 1.86. The van der Waals surface area contributed by atoms with E-state index in [1.165, 1.54) is 27.2 Å². The average Bonchev–Trinajstić information content (AvgIpc) is 2.45. The van der Waals surface area contributed by atoms with E-state index in [0.717, 1.165) is 0 Å². The summed E-state index contributed by atoms with van der Waals surface area (Å²) in [6.45, 7) is 2.19. The molecule has 7 nitrogen and oxygen atoms in total. The largest absolute Gasteiger partial charge is 0.497 e. The van der Waals surface area contributed by atoms with Crippen molar-refractivity contribution in [3.8, 4) is 5.75 Å². The average molecular weight is 296 g/mol. The monoisotopic (exact) mass is 296 g/mol. The van der Waals surface area contributed by atoms with Gasteiger partial charge in [0.1, 0.15) is 5.75 Å². The Morgan fingerprint density at radius 2 is 2.14 bits per heavy atom. The number of ether oxygens (including phenoxy) is 2. The molecule has 1 rings (SSSR count). The third kappa shape index (κ3) is 5.03. The first-order valence-electron chi connectivity index (χ1n) is 6.55. The second-order valence-electron chi connectivity index (χ2n) is 4.61. The van der Waals surface area contributed by atoms with Crippen LogP contribution < -0.4 is 10.1 Å². The van der Waals surface area contributed by atoms with Gasteiger partial charge in [-0.3, -0.25) is 14.9 Å². The van der Waals surface area contributed by atoms with Gasteiger partial charge in [-0.05, 0) is 18.6 Å². The minimum absolute atomic E-state index is 0.0284. The molecule has 1 aromatic rings. The van der Waals surface area contributed by atoms with Gasteiger partial charge in [-0.15, -0.1) is 0 Å². The number of hydrogen-bond acceptors (Lipinski definition) is 5. The molecule has 0 bridgehead atoms. The van der Waals surface area contributed by atoms with Gasteiger partial charge in [0.15, 0.2) is 0 Å². The summed E-state index contributed by atoms with van der Waals surface area (Å²) in [5.74, 6) is 0.222. The van der Waals surface area contributed by atoms with E-state index in [-0.39, 0.29) is 17.5 Å². The van der Waals surface area contributed by atoms with Gasteiger partial charge in [0.2, 0.25) is 5.91 Å². The predicted molar refractivity (Wildman–Crippen MR) is 77.6 cm³/mol. The number of nitro benzene ring substituents is 1. The van der Waals surface area contributed by atoms with Crippen LogP contribution in [-0.4, -0.2) is 38.2 Å². The molecule has 116 valence electrons. The first-order valence-corrected chi connectivity index (χ1v) is 6.55. The maximum absolute atomic E-state index is 11.2. The van der Waals surface area contributed by atoms with Crippen LogP contribution in [0.3, 0.4) is 0 Å². The smallest absolute Gasteiger partial charge is 0.273 e. The van der Waals surface area contributed by atoms with Gasteiger partial charge in [-0.25, -0.2) is 0 Å². The minimum atomic E-state index is -0.421. The van der Waals surface area contributed by atoms with Crippen LogP contribution >= 0.6 is 0 Å². The lowest BCUT2D eigenvalue weighted by Gasteiger charge is -2.17. The number of rotatable bonds is 8. The Bertz CT molecular complexity index is 504. The van der Waals surface area contributed by atoms with Crippen LogP contribution in [0.4, 0.5) is 5.69 Å². The molecule has 7 heteroatoms. The van der Waals surface area contributed by atoms with Gasteiger partial charge in [-0.1, -0.05) is 0 Å². The molecule has 0 heterocycles. The van der Waals surface area contributed by atoms with E-state index in [1.807, 2.05) is 0 Å². The van der Waals surface area contributed by atoms with Crippen molar-refractivity contribution in [3.05, 3.63) is 33.9 Å². The maximum atomic E-state index is 11.2. The highest BCUT2D eigenvalue weighted by atomic mass is 16.6. The summed E-state index contributed by atoms with van der Waals surface area (Å²) in [6, 6.07) is 4.63. The molecule has 0 saturated carbocycles. The Labute approximate surface area is 123 Å². The maximum Gasteiger partial charge on any atom is 0.273 e. The van der Waals surface area contributed by atoms with Crippen LogP contribution in [0.1, 0.15) is 24.8 Å². The van der Waals surface area contributed by atoms with Crippen molar-refractivity contribution >= 4 is 11.6 Å². The summed E-state index contributed by atoms with van der Waals surface area (Å²) in [4.78, 5) is 21.7. The number of amides is 1. The zero-order valence-electron chi connectivity index (χ0n) is 12.4. The van der Waals surface area contributed by atoms with Crippen LogP contribution in [0, 0.1) is 10.1 Å². The van der Waals surface area contributed by atoms with Crippen molar-refractivity contribution in [2.75, 3.05) is 27.4 Å². The van der Waals surface area contributed by atoms with Crippen LogP contribution in [-0.2, 0) is 9.53 Å². The highest BCUT2D eigenvalue weighted by Gasteiger charge is 2.23. The zero-order valence-corrected chi connectivity index (χ0v) is 12.4. The fourth-order valence-corrected chi connectivity index (χ4v) is 2.11. The zero-order chi connectivity index (χ0) is 15.8. The Morgan fingerprint density at radius 1 is 1.43 bits per heavy atom. The molecule has 0 aliphatic rings. The molecule has 21 heavy (non-hydrogen) atoms. The first-order chi connectivity index (χ1) is 9.99. The quantitative estimate of drug-likeness (QED) is 0.584. The van der Waals surface area contributed by atoms with Gasteiger partial charge in [-0.2, -0.15) is 0 Å². The molecule has 0 radical (unpaired) electrons. The van der Waals surface area contributed by atoms with Crippen molar-refractivity contribution in [1.29, 1.82) is 0 Å². The van der Waals surface area contributed by atoms with E-state index in [9.17, 15) is 14.9 Å². The lowest BCUT2D eigenvalue weighted by atomic mass is 9.94. The number of carbonyl (C=O) groups excluding carboxylic acids is 1. The Balaban J connectivity index is 3.03. The van der Waals surface area contributed by atoms with E-state index in [2.05, 4.69) is 5.32 Å². The van der Waals surface area contributed by atoms with E-state index in [0.29, 0.717) is 30.9 Å². The molecule has 0 aliphatic heterocycles. The molecule has 0 spiro atoms. The first kappa shape index (κ1) is 16.9. The summed E-state index contributed by atoms with van der Waals surface area (Å²) in [5, 5.41) is 13.9. The highest BCUT2D eigenvalue weighted by Crippen LogP contribution is 2.32. The van der Waals surface area contributed by atoms with Crippen molar-refractivity contribution in [1.82, 2.24) is 5.32 Å². The number of hydrogen-bond donors (Lipinski definition) is 1. The second-order valence-corrected chi connectivity index (χ2v) is 4.61. The number of nitrogens with one attached hydrogen (secondary N) is 1.